The summed E-state index contributed by atoms with van der Waals surface area (Å²) in [6.07, 6.45) is 0. The lowest BCUT2D eigenvalue weighted by molar-refractivity contribution is -0.00174. The maximum atomic E-state index is 9.45. The van der Waals surface area contributed by atoms with Crippen LogP contribution in [0.15, 0.2) is 60.7 Å². The summed E-state index contributed by atoms with van der Waals surface area (Å²) in [6, 6.07) is 21.3. The van der Waals surface area contributed by atoms with Gasteiger partial charge in [-0.2, -0.15) is 5.26 Å². The Morgan fingerprint density at radius 2 is 1.58 bits per heavy atom. The highest BCUT2D eigenvalue weighted by Gasteiger charge is 2.32. The molecule has 0 amide bonds. The van der Waals surface area contributed by atoms with E-state index in [4.69, 9.17) is 16.3 Å². The number of hydrogen-bond acceptors (Lipinski definition) is 2. The lowest BCUT2D eigenvalue weighted by Crippen LogP contribution is -2.30. The van der Waals surface area contributed by atoms with E-state index in [1.54, 1.807) is 0 Å². The lowest BCUT2D eigenvalue weighted by Gasteiger charge is -2.25. The molecule has 1 unspecified atom stereocenters. The van der Waals surface area contributed by atoms with Crippen LogP contribution in [0.4, 0.5) is 0 Å². The monoisotopic (exact) mass is 271 g/mol. The summed E-state index contributed by atoms with van der Waals surface area (Å²) in [4.78, 5) is 0. The van der Waals surface area contributed by atoms with E-state index >= 15 is 0 Å². The molecule has 0 aliphatic carbocycles. The molecule has 96 valence electrons. The highest BCUT2D eigenvalue weighted by Crippen LogP contribution is 2.27. The van der Waals surface area contributed by atoms with Gasteiger partial charge in [-0.1, -0.05) is 60.7 Å². The highest BCUT2D eigenvalue weighted by atomic mass is 35.5. The fourth-order valence-electron chi connectivity index (χ4n) is 1.81. The molecule has 0 N–H and O–H groups in total. The van der Waals surface area contributed by atoms with Crippen molar-refractivity contribution < 1.29 is 4.74 Å². The van der Waals surface area contributed by atoms with Gasteiger partial charge in [0.25, 0.3) is 0 Å². The summed E-state index contributed by atoms with van der Waals surface area (Å²) in [5, 5.41) is 9.45. The van der Waals surface area contributed by atoms with Crippen molar-refractivity contribution in [3.8, 4) is 6.07 Å². The van der Waals surface area contributed by atoms with Gasteiger partial charge < -0.3 is 4.74 Å². The van der Waals surface area contributed by atoms with Crippen molar-refractivity contribution in [2.75, 3.05) is 5.88 Å². The average molecular weight is 272 g/mol. The van der Waals surface area contributed by atoms with Crippen LogP contribution in [0.2, 0.25) is 0 Å². The first-order valence-electron chi connectivity index (χ1n) is 6.01. The molecule has 0 aromatic heterocycles. The van der Waals surface area contributed by atoms with Crippen LogP contribution < -0.4 is 0 Å². The van der Waals surface area contributed by atoms with E-state index in [-0.39, 0.29) is 5.88 Å². The number of halogens is 1. The zero-order valence-corrected chi connectivity index (χ0v) is 11.2. The number of benzene rings is 2. The molecule has 2 aromatic carbocycles. The van der Waals surface area contributed by atoms with E-state index in [2.05, 4.69) is 6.07 Å². The highest BCUT2D eigenvalue weighted by molar-refractivity contribution is 6.18. The van der Waals surface area contributed by atoms with Crippen molar-refractivity contribution >= 4 is 11.6 Å². The van der Waals surface area contributed by atoms with E-state index in [1.165, 1.54) is 0 Å². The Balaban J connectivity index is 2.20. The predicted octanol–water partition coefficient (Wildman–Crippen LogP) is 3.86. The molecule has 2 aromatic rings. The second kappa shape index (κ2) is 6.38. The predicted molar refractivity (Wildman–Crippen MR) is 75.7 cm³/mol. The Bertz CT molecular complexity index is 550. The van der Waals surface area contributed by atoms with Gasteiger partial charge in [-0.05, 0) is 11.1 Å². The van der Waals surface area contributed by atoms with Crippen LogP contribution in [-0.4, -0.2) is 5.88 Å². The molecule has 0 bridgehead atoms. The van der Waals surface area contributed by atoms with Crippen molar-refractivity contribution in [1.29, 1.82) is 5.26 Å². The number of alkyl halides is 1. The summed E-state index contributed by atoms with van der Waals surface area (Å²) < 4.78 is 5.81. The van der Waals surface area contributed by atoms with Gasteiger partial charge in [-0.25, -0.2) is 0 Å². The normalized spacial score (nSPS) is 13.5. The van der Waals surface area contributed by atoms with E-state index in [0.717, 1.165) is 11.1 Å². The maximum Gasteiger partial charge on any atom is 0.193 e. The summed E-state index contributed by atoms with van der Waals surface area (Å²) >= 11 is 5.98. The van der Waals surface area contributed by atoms with E-state index < -0.39 is 5.60 Å². The maximum absolute atomic E-state index is 9.45. The zero-order chi connectivity index (χ0) is 13.6. The molecule has 0 heterocycles. The molecular formula is C16H14ClNO. The van der Waals surface area contributed by atoms with Crippen LogP contribution in [0.1, 0.15) is 11.1 Å². The Morgan fingerprint density at radius 1 is 1.00 bits per heavy atom. The topological polar surface area (TPSA) is 33.0 Å². The Kier molecular flexibility index (Phi) is 4.57. The zero-order valence-electron chi connectivity index (χ0n) is 10.4. The standard InChI is InChI=1S/C16H14ClNO/c17-12-16(13-18,15-9-5-2-6-10-15)19-11-14-7-3-1-4-8-14/h1-10H,11-12H2. The minimum absolute atomic E-state index is 0.0976. The summed E-state index contributed by atoms with van der Waals surface area (Å²) in [7, 11) is 0. The number of nitriles is 1. The number of ether oxygens (including phenoxy) is 1. The van der Waals surface area contributed by atoms with Gasteiger partial charge in [-0.3, -0.25) is 0 Å². The first kappa shape index (κ1) is 13.6. The van der Waals surface area contributed by atoms with Crippen molar-refractivity contribution in [2.24, 2.45) is 0 Å². The third-order valence-corrected chi connectivity index (χ3v) is 3.31. The molecular weight excluding hydrogens is 258 g/mol. The Morgan fingerprint density at radius 3 is 2.11 bits per heavy atom. The molecule has 0 aliphatic heterocycles. The first-order valence-corrected chi connectivity index (χ1v) is 6.55. The van der Waals surface area contributed by atoms with Crippen LogP contribution >= 0.6 is 11.6 Å². The average Bonchev–Trinajstić information content (AvgIpc) is 2.51. The Hall–Kier alpha value is -1.82. The van der Waals surface area contributed by atoms with Crippen LogP contribution in [0, 0.1) is 11.3 Å². The molecule has 0 spiro atoms. The fraction of sp³-hybridized carbons (Fsp3) is 0.188. The summed E-state index contributed by atoms with van der Waals surface area (Å²) in [5.41, 5.74) is 0.699. The Labute approximate surface area is 118 Å². The van der Waals surface area contributed by atoms with E-state index in [1.807, 2.05) is 60.7 Å². The number of hydrogen-bond donors (Lipinski definition) is 0. The third-order valence-electron chi connectivity index (χ3n) is 2.94. The van der Waals surface area contributed by atoms with Crippen LogP contribution in [0.3, 0.4) is 0 Å². The van der Waals surface area contributed by atoms with Crippen LogP contribution in [0.5, 0.6) is 0 Å². The van der Waals surface area contributed by atoms with Crippen molar-refractivity contribution in [3.63, 3.8) is 0 Å². The third kappa shape index (κ3) is 3.14. The molecule has 0 fully saturated rings. The molecule has 3 heteroatoms. The minimum atomic E-state index is -1.10. The van der Waals surface area contributed by atoms with Gasteiger partial charge in [0.15, 0.2) is 5.60 Å². The molecule has 0 radical (unpaired) electrons. The minimum Gasteiger partial charge on any atom is -0.350 e. The molecule has 1 atom stereocenters. The molecule has 19 heavy (non-hydrogen) atoms. The molecule has 0 saturated heterocycles. The van der Waals surface area contributed by atoms with Crippen molar-refractivity contribution in [2.45, 2.75) is 12.2 Å². The van der Waals surface area contributed by atoms with E-state index in [9.17, 15) is 5.26 Å². The number of nitrogens with zero attached hydrogens (tertiary/aromatic N) is 1. The SMILES string of the molecule is N#CC(CCl)(OCc1ccccc1)c1ccccc1. The van der Waals surface area contributed by atoms with Crippen molar-refractivity contribution in [1.82, 2.24) is 0 Å². The summed E-state index contributed by atoms with van der Waals surface area (Å²) in [5.74, 6) is 0.0976. The lowest BCUT2D eigenvalue weighted by atomic mass is 9.97. The molecule has 2 nitrogen and oxygen atoms in total. The second-order valence-electron chi connectivity index (χ2n) is 4.21. The summed E-state index contributed by atoms with van der Waals surface area (Å²) in [6.45, 7) is 0.357. The largest absolute Gasteiger partial charge is 0.350 e. The van der Waals surface area contributed by atoms with Gasteiger partial charge >= 0.3 is 0 Å². The molecule has 2 rings (SSSR count). The van der Waals surface area contributed by atoms with Gasteiger partial charge in [0, 0.05) is 0 Å². The van der Waals surface area contributed by atoms with Crippen LogP contribution in [0.25, 0.3) is 0 Å². The molecule has 0 aliphatic rings. The first-order chi connectivity index (χ1) is 9.30. The van der Waals surface area contributed by atoms with Gasteiger partial charge in [-0.15, -0.1) is 11.6 Å². The molecule has 0 saturated carbocycles. The fourth-order valence-corrected chi connectivity index (χ4v) is 2.11. The van der Waals surface area contributed by atoms with Gasteiger partial charge in [0.1, 0.15) is 6.07 Å². The smallest absolute Gasteiger partial charge is 0.193 e. The van der Waals surface area contributed by atoms with Crippen molar-refractivity contribution in [3.05, 3.63) is 71.8 Å². The quantitative estimate of drug-likeness (QED) is 0.774. The second-order valence-corrected chi connectivity index (χ2v) is 4.48. The van der Waals surface area contributed by atoms with E-state index in [0.29, 0.717) is 6.61 Å². The van der Waals surface area contributed by atoms with Crippen LogP contribution in [-0.2, 0) is 16.9 Å². The number of rotatable bonds is 5. The van der Waals surface area contributed by atoms with Gasteiger partial charge in [0.05, 0.1) is 12.5 Å². The van der Waals surface area contributed by atoms with Gasteiger partial charge in [0.2, 0.25) is 0 Å².